The molecule has 0 aliphatic carbocycles. The third-order valence-corrected chi connectivity index (χ3v) is 1.17. The molecule has 0 radical (unpaired) electrons. The number of aliphatic imine (C=N–C) groups is 1. The van der Waals surface area contributed by atoms with Crippen molar-refractivity contribution in [3.63, 3.8) is 0 Å². The number of nitrogens with zero attached hydrogens (tertiary/aromatic N) is 1. The fourth-order valence-corrected chi connectivity index (χ4v) is 0.703. The van der Waals surface area contributed by atoms with Gasteiger partial charge in [-0.3, -0.25) is 9.79 Å². The Hall–Kier alpha value is -1.12. The summed E-state index contributed by atoms with van der Waals surface area (Å²) >= 11 is 0. The molecule has 54 valence electrons. The van der Waals surface area contributed by atoms with E-state index in [1.54, 1.807) is 0 Å². The molecule has 0 aromatic heterocycles. The molecular formula is C7H10N2O. The second-order valence-electron chi connectivity index (χ2n) is 2.06. The largest absolute Gasteiger partial charge is 0.309 e. The topological polar surface area (TPSA) is 41.5 Å². The van der Waals surface area contributed by atoms with Crippen LogP contribution in [0.1, 0.15) is 13.3 Å². The maximum absolute atomic E-state index is 10.6. The van der Waals surface area contributed by atoms with Crippen LogP contribution in [0.3, 0.4) is 0 Å². The molecule has 1 heterocycles. The molecule has 3 heteroatoms. The molecule has 1 amide bonds. The molecule has 0 spiro atoms. The number of hydrogen-bond acceptors (Lipinski definition) is 2. The fourth-order valence-electron chi connectivity index (χ4n) is 0.703. The summed E-state index contributed by atoms with van der Waals surface area (Å²) in [6.45, 7) is 2.32. The third-order valence-electron chi connectivity index (χ3n) is 1.17. The third kappa shape index (κ3) is 1.69. The molecule has 0 atom stereocenters. The molecule has 0 aromatic rings. The van der Waals surface area contributed by atoms with Crippen LogP contribution in [0.4, 0.5) is 0 Å². The molecule has 3 nitrogen and oxygen atoms in total. The van der Waals surface area contributed by atoms with Gasteiger partial charge in [0, 0.05) is 0 Å². The van der Waals surface area contributed by atoms with Gasteiger partial charge < -0.3 is 5.32 Å². The van der Waals surface area contributed by atoms with E-state index in [1.807, 2.05) is 19.1 Å². The molecule has 0 bridgehead atoms. The summed E-state index contributed by atoms with van der Waals surface area (Å²) in [6, 6.07) is 0. The number of hydrogen-bond donors (Lipinski definition) is 1. The zero-order valence-corrected chi connectivity index (χ0v) is 5.92. The lowest BCUT2D eigenvalue weighted by molar-refractivity contribution is -0.117. The predicted octanol–water partition coefficient (Wildman–Crippen LogP) is 0.481. The first-order valence-electron chi connectivity index (χ1n) is 3.33. The van der Waals surface area contributed by atoms with Crippen LogP contribution >= 0.6 is 0 Å². The standard InChI is InChI=1S/C7H10N2O/c1-2-3-4-6-8-5-7(10)9-6/h3-4H,2,5H2,1H3,(H,8,9,10). The Kier molecular flexibility index (Phi) is 2.20. The van der Waals surface area contributed by atoms with Gasteiger partial charge in [0.1, 0.15) is 12.4 Å². The highest BCUT2D eigenvalue weighted by Gasteiger charge is 2.08. The van der Waals surface area contributed by atoms with E-state index in [0.29, 0.717) is 5.84 Å². The van der Waals surface area contributed by atoms with E-state index in [4.69, 9.17) is 0 Å². The summed E-state index contributed by atoms with van der Waals surface area (Å²) in [6.07, 6.45) is 4.75. The van der Waals surface area contributed by atoms with E-state index in [0.717, 1.165) is 6.42 Å². The molecule has 0 unspecified atom stereocenters. The Morgan fingerprint density at radius 3 is 3.10 bits per heavy atom. The van der Waals surface area contributed by atoms with Gasteiger partial charge in [-0.1, -0.05) is 13.0 Å². The minimum absolute atomic E-state index is 0.0178. The van der Waals surface area contributed by atoms with Crippen molar-refractivity contribution in [3.05, 3.63) is 12.2 Å². The zero-order chi connectivity index (χ0) is 7.40. The van der Waals surface area contributed by atoms with Gasteiger partial charge in [-0.15, -0.1) is 0 Å². The zero-order valence-electron chi connectivity index (χ0n) is 5.92. The fraction of sp³-hybridized carbons (Fsp3) is 0.429. The molecule has 1 aliphatic heterocycles. The normalized spacial score (nSPS) is 17.7. The Balaban J connectivity index is 2.44. The second kappa shape index (κ2) is 3.15. The molecule has 0 saturated carbocycles. The van der Waals surface area contributed by atoms with Crippen LogP contribution in [0.25, 0.3) is 0 Å². The van der Waals surface area contributed by atoms with Gasteiger partial charge in [0.2, 0.25) is 5.91 Å². The van der Waals surface area contributed by atoms with Crippen LogP contribution in [0, 0.1) is 0 Å². The van der Waals surface area contributed by atoms with Gasteiger partial charge in [0.25, 0.3) is 0 Å². The first-order valence-corrected chi connectivity index (χ1v) is 3.33. The second-order valence-corrected chi connectivity index (χ2v) is 2.06. The van der Waals surface area contributed by atoms with E-state index in [9.17, 15) is 4.79 Å². The van der Waals surface area contributed by atoms with Crippen LogP contribution in [-0.2, 0) is 4.79 Å². The van der Waals surface area contributed by atoms with Gasteiger partial charge in [-0.2, -0.15) is 0 Å². The van der Waals surface area contributed by atoms with Gasteiger partial charge in [0.05, 0.1) is 0 Å². The monoisotopic (exact) mass is 138 g/mol. The molecule has 1 rings (SSSR count). The average Bonchev–Trinajstić information content (AvgIpc) is 2.31. The van der Waals surface area contributed by atoms with E-state index >= 15 is 0 Å². The van der Waals surface area contributed by atoms with Crippen molar-refractivity contribution in [3.8, 4) is 0 Å². The van der Waals surface area contributed by atoms with Crippen LogP contribution in [0.15, 0.2) is 17.1 Å². The summed E-state index contributed by atoms with van der Waals surface area (Å²) in [5.74, 6) is 0.669. The van der Waals surface area contributed by atoms with E-state index < -0.39 is 0 Å². The van der Waals surface area contributed by atoms with Crippen molar-refractivity contribution in [2.45, 2.75) is 13.3 Å². The lowest BCUT2D eigenvalue weighted by Gasteiger charge is -1.89. The summed E-state index contributed by atoms with van der Waals surface area (Å²) in [5, 5.41) is 2.61. The van der Waals surface area contributed by atoms with E-state index in [1.165, 1.54) is 0 Å². The first kappa shape index (κ1) is 6.99. The summed E-state index contributed by atoms with van der Waals surface area (Å²) in [5.41, 5.74) is 0. The van der Waals surface area contributed by atoms with Crippen LogP contribution < -0.4 is 5.32 Å². The molecule has 0 aromatic carbocycles. The number of nitrogens with one attached hydrogen (secondary N) is 1. The Bertz CT molecular complexity index is 194. The van der Waals surface area contributed by atoms with Gasteiger partial charge in [-0.05, 0) is 12.5 Å². The SMILES string of the molecule is CCC=CC1=NCC(=O)N1. The quantitative estimate of drug-likeness (QED) is 0.592. The molecule has 1 N–H and O–H groups in total. The lowest BCUT2D eigenvalue weighted by atomic mass is 10.4. The molecular weight excluding hydrogens is 128 g/mol. The number of carbonyl (C=O) groups is 1. The summed E-state index contributed by atoms with van der Waals surface area (Å²) in [7, 11) is 0. The average molecular weight is 138 g/mol. The minimum Gasteiger partial charge on any atom is -0.309 e. The number of carbonyl (C=O) groups excluding carboxylic acids is 1. The van der Waals surface area contributed by atoms with Gasteiger partial charge in [0.15, 0.2) is 0 Å². The molecule has 0 saturated heterocycles. The predicted molar refractivity (Wildman–Crippen MR) is 39.9 cm³/mol. The maximum Gasteiger partial charge on any atom is 0.247 e. The smallest absolute Gasteiger partial charge is 0.247 e. The number of amidine groups is 1. The number of rotatable bonds is 2. The van der Waals surface area contributed by atoms with Crippen LogP contribution in [-0.4, -0.2) is 18.3 Å². The molecule has 1 aliphatic rings. The van der Waals surface area contributed by atoms with Crippen molar-refractivity contribution >= 4 is 11.7 Å². The summed E-state index contributed by atoms with van der Waals surface area (Å²) < 4.78 is 0. The minimum atomic E-state index is -0.0178. The Morgan fingerprint density at radius 1 is 1.80 bits per heavy atom. The first-order chi connectivity index (χ1) is 4.83. The number of amides is 1. The Morgan fingerprint density at radius 2 is 2.60 bits per heavy atom. The lowest BCUT2D eigenvalue weighted by Crippen LogP contribution is -2.22. The van der Waals surface area contributed by atoms with Crippen molar-refractivity contribution < 1.29 is 4.79 Å². The van der Waals surface area contributed by atoms with Crippen molar-refractivity contribution in [1.29, 1.82) is 0 Å². The van der Waals surface area contributed by atoms with E-state index in [-0.39, 0.29) is 12.5 Å². The van der Waals surface area contributed by atoms with Crippen LogP contribution in [0.2, 0.25) is 0 Å². The van der Waals surface area contributed by atoms with Gasteiger partial charge >= 0.3 is 0 Å². The summed E-state index contributed by atoms with van der Waals surface area (Å²) in [4.78, 5) is 14.5. The highest BCUT2D eigenvalue weighted by molar-refractivity contribution is 6.09. The molecule has 0 fully saturated rings. The van der Waals surface area contributed by atoms with Crippen LogP contribution in [0.5, 0.6) is 0 Å². The van der Waals surface area contributed by atoms with Crippen molar-refractivity contribution in [2.75, 3.05) is 6.54 Å². The maximum atomic E-state index is 10.6. The highest BCUT2D eigenvalue weighted by atomic mass is 16.2. The Labute approximate surface area is 59.8 Å². The van der Waals surface area contributed by atoms with Crippen molar-refractivity contribution in [1.82, 2.24) is 5.32 Å². The highest BCUT2D eigenvalue weighted by Crippen LogP contribution is 1.89. The van der Waals surface area contributed by atoms with E-state index in [2.05, 4.69) is 10.3 Å². The number of allylic oxidation sites excluding steroid dienone is 1. The molecule has 10 heavy (non-hydrogen) atoms. The van der Waals surface area contributed by atoms with Gasteiger partial charge in [-0.25, -0.2) is 0 Å². The van der Waals surface area contributed by atoms with Crippen molar-refractivity contribution in [2.24, 2.45) is 4.99 Å².